The highest BCUT2D eigenvalue weighted by Crippen LogP contribution is 2.38. The summed E-state index contributed by atoms with van der Waals surface area (Å²) >= 11 is 13.1. The Hall–Kier alpha value is -2.71. The third-order valence-corrected chi connectivity index (χ3v) is 6.88. The number of sulfone groups is 1. The van der Waals surface area contributed by atoms with E-state index in [1.807, 2.05) is 24.3 Å². The van der Waals surface area contributed by atoms with Crippen molar-refractivity contribution in [1.29, 1.82) is 0 Å². The topological polar surface area (TPSA) is 85.1 Å². The minimum absolute atomic E-state index is 0.235. The van der Waals surface area contributed by atoms with Gasteiger partial charge in [-0.3, -0.25) is 4.98 Å². The molecule has 0 unspecified atom stereocenters. The minimum Gasteiger partial charge on any atom is -0.384 e. The van der Waals surface area contributed by atoms with Crippen molar-refractivity contribution in [3.8, 4) is 28.2 Å². The lowest BCUT2D eigenvalue weighted by molar-refractivity contribution is 0.0735. The second-order valence-electron chi connectivity index (χ2n) is 8.17. The normalized spacial score (nSPS) is 12.2. The molecule has 0 saturated heterocycles. The van der Waals surface area contributed by atoms with Crippen molar-refractivity contribution in [2.45, 2.75) is 24.3 Å². The Balaban J connectivity index is 1.85. The molecule has 0 radical (unpaired) electrons. The van der Waals surface area contributed by atoms with Crippen LogP contribution in [0.5, 0.6) is 0 Å². The second kappa shape index (κ2) is 8.57. The monoisotopic (exact) mass is 501 g/mol. The van der Waals surface area contributed by atoms with Crippen molar-refractivity contribution < 1.29 is 13.5 Å². The molecule has 170 valence electrons. The van der Waals surface area contributed by atoms with E-state index in [1.54, 1.807) is 61.1 Å². The van der Waals surface area contributed by atoms with Gasteiger partial charge in [0.2, 0.25) is 0 Å². The summed E-state index contributed by atoms with van der Waals surface area (Å²) in [5.74, 6) is 0. The van der Waals surface area contributed by atoms with Crippen LogP contribution in [0.1, 0.15) is 19.5 Å². The summed E-state index contributed by atoms with van der Waals surface area (Å²) in [6.07, 6.45) is 2.81. The first kappa shape index (κ1) is 23.4. The highest BCUT2D eigenvalue weighted by atomic mass is 35.5. The summed E-state index contributed by atoms with van der Waals surface area (Å²) in [6.45, 7) is 3.21. The van der Waals surface area contributed by atoms with Crippen LogP contribution in [0.4, 0.5) is 0 Å². The average molecular weight is 502 g/mol. The fourth-order valence-electron chi connectivity index (χ4n) is 3.42. The van der Waals surface area contributed by atoms with Gasteiger partial charge in [-0.2, -0.15) is 5.10 Å². The summed E-state index contributed by atoms with van der Waals surface area (Å²) in [6, 6.07) is 17.5. The number of nitrogens with zero attached hydrogens (tertiary/aromatic N) is 3. The van der Waals surface area contributed by atoms with Crippen LogP contribution in [0, 0.1) is 0 Å². The minimum atomic E-state index is -3.33. The van der Waals surface area contributed by atoms with Crippen LogP contribution in [0.2, 0.25) is 10.0 Å². The van der Waals surface area contributed by atoms with Crippen LogP contribution in [-0.2, 0) is 15.4 Å². The first-order valence-corrected chi connectivity index (χ1v) is 12.6. The van der Waals surface area contributed by atoms with E-state index in [1.165, 1.54) is 6.26 Å². The van der Waals surface area contributed by atoms with E-state index in [0.717, 1.165) is 11.1 Å². The molecule has 1 N–H and O–H groups in total. The van der Waals surface area contributed by atoms with Gasteiger partial charge in [-0.15, -0.1) is 0 Å². The summed E-state index contributed by atoms with van der Waals surface area (Å²) in [7, 11) is -3.33. The lowest BCUT2D eigenvalue weighted by Gasteiger charge is -2.14. The van der Waals surface area contributed by atoms with Crippen molar-refractivity contribution in [3.05, 3.63) is 82.6 Å². The fourth-order valence-corrected chi connectivity index (χ4v) is 4.75. The molecular formula is C24H21Cl2N3O3S. The van der Waals surface area contributed by atoms with E-state index in [4.69, 9.17) is 23.2 Å². The van der Waals surface area contributed by atoms with E-state index in [9.17, 15) is 13.5 Å². The van der Waals surface area contributed by atoms with E-state index in [0.29, 0.717) is 27.8 Å². The van der Waals surface area contributed by atoms with Crippen LogP contribution in [0.25, 0.3) is 28.2 Å². The van der Waals surface area contributed by atoms with E-state index < -0.39 is 15.4 Å². The molecule has 0 fully saturated rings. The number of aliphatic hydroxyl groups is 1. The Labute approximate surface area is 202 Å². The Bertz CT molecular complexity index is 1440. The Morgan fingerprint density at radius 1 is 0.970 bits per heavy atom. The van der Waals surface area contributed by atoms with Gasteiger partial charge >= 0.3 is 0 Å². The molecule has 4 aromatic rings. The third-order valence-electron chi connectivity index (χ3n) is 5.09. The summed E-state index contributed by atoms with van der Waals surface area (Å²) in [5, 5.41) is 15.9. The number of rotatable bonds is 5. The number of para-hydroxylation sites is 1. The maximum absolute atomic E-state index is 11.9. The van der Waals surface area contributed by atoms with Gasteiger partial charge in [-0.05, 0) is 49.7 Å². The highest BCUT2D eigenvalue weighted by Gasteiger charge is 2.29. The molecule has 0 aliphatic carbocycles. The SMILES string of the molecule is CC(C)(O)c1nn(-c2ccccc2Cl)c(-c2ccc(-c3cccc(S(C)(=O)=O)c3)cn2)c1Cl. The van der Waals surface area contributed by atoms with Crippen molar-refractivity contribution in [1.82, 2.24) is 14.8 Å². The molecule has 0 aliphatic rings. The number of aromatic nitrogens is 3. The molecule has 2 heterocycles. The molecule has 9 heteroatoms. The van der Waals surface area contributed by atoms with E-state index in [2.05, 4.69) is 10.1 Å². The van der Waals surface area contributed by atoms with Crippen molar-refractivity contribution in [3.63, 3.8) is 0 Å². The molecule has 4 rings (SSSR count). The molecule has 0 bridgehead atoms. The number of halogens is 2. The standard InChI is InChI=1S/C24H21Cl2N3O3S/c1-24(2,30)23-21(26)22(29(28-23)20-10-5-4-9-18(20)25)19-12-11-16(14-27-19)15-7-6-8-17(13-15)33(3,31)32/h4-14,30H,1-3H3. The van der Waals surface area contributed by atoms with Gasteiger partial charge in [0, 0.05) is 18.0 Å². The molecular weight excluding hydrogens is 481 g/mol. The molecule has 2 aromatic heterocycles. The predicted molar refractivity (Wildman–Crippen MR) is 131 cm³/mol. The molecule has 6 nitrogen and oxygen atoms in total. The summed E-state index contributed by atoms with van der Waals surface area (Å²) in [5.41, 5.74) is 2.07. The molecule has 0 amide bonds. The molecule has 0 atom stereocenters. The van der Waals surface area contributed by atoms with Gasteiger partial charge in [-0.1, -0.05) is 53.5 Å². The van der Waals surface area contributed by atoms with Gasteiger partial charge in [0.1, 0.15) is 17.0 Å². The maximum atomic E-state index is 11.9. The van der Waals surface area contributed by atoms with Crippen LogP contribution in [-0.4, -0.2) is 34.5 Å². The number of pyridine rings is 1. The predicted octanol–water partition coefficient (Wildman–Crippen LogP) is 5.54. The summed E-state index contributed by atoms with van der Waals surface area (Å²) in [4.78, 5) is 4.80. The van der Waals surface area contributed by atoms with Gasteiger partial charge in [0.25, 0.3) is 0 Å². The lowest BCUT2D eigenvalue weighted by Crippen LogP contribution is -2.17. The van der Waals surface area contributed by atoms with E-state index in [-0.39, 0.29) is 9.92 Å². The number of hydrogen-bond donors (Lipinski definition) is 1. The molecule has 2 aromatic carbocycles. The van der Waals surface area contributed by atoms with Crippen molar-refractivity contribution in [2.75, 3.05) is 6.26 Å². The Kier molecular flexibility index (Phi) is 6.09. The van der Waals surface area contributed by atoms with Gasteiger partial charge < -0.3 is 5.11 Å². The van der Waals surface area contributed by atoms with Crippen LogP contribution >= 0.6 is 23.2 Å². The van der Waals surface area contributed by atoms with E-state index >= 15 is 0 Å². The summed E-state index contributed by atoms with van der Waals surface area (Å²) < 4.78 is 25.4. The Morgan fingerprint density at radius 2 is 1.70 bits per heavy atom. The Morgan fingerprint density at radius 3 is 2.30 bits per heavy atom. The van der Waals surface area contributed by atoms with Crippen molar-refractivity contribution >= 4 is 33.0 Å². The zero-order valence-corrected chi connectivity index (χ0v) is 20.4. The second-order valence-corrected chi connectivity index (χ2v) is 11.0. The van der Waals surface area contributed by atoms with Gasteiger partial charge in [0.15, 0.2) is 9.84 Å². The van der Waals surface area contributed by atoms with Gasteiger partial charge in [0.05, 0.1) is 26.3 Å². The smallest absolute Gasteiger partial charge is 0.175 e. The molecule has 33 heavy (non-hydrogen) atoms. The molecule has 0 spiro atoms. The zero-order chi connectivity index (χ0) is 24.0. The number of benzene rings is 2. The molecule has 0 aliphatic heterocycles. The highest BCUT2D eigenvalue weighted by molar-refractivity contribution is 7.90. The largest absolute Gasteiger partial charge is 0.384 e. The van der Waals surface area contributed by atoms with Crippen molar-refractivity contribution in [2.24, 2.45) is 0 Å². The van der Waals surface area contributed by atoms with Crippen LogP contribution < -0.4 is 0 Å². The maximum Gasteiger partial charge on any atom is 0.175 e. The van der Waals surface area contributed by atoms with Gasteiger partial charge in [-0.25, -0.2) is 13.1 Å². The molecule has 0 saturated carbocycles. The first-order valence-electron chi connectivity index (χ1n) is 10.00. The average Bonchev–Trinajstić information content (AvgIpc) is 3.11. The fraction of sp³-hybridized carbons (Fsp3) is 0.167. The third kappa shape index (κ3) is 4.68. The van der Waals surface area contributed by atoms with Crippen LogP contribution in [0.3, 0.4) is 0 Å². The lowest BCUT2D eigenvalue weighted by atomic mass is 10.0. The number of hydrogen-bond acceptors (Lipinski definition) is 5. The van der Waals surface area contributed by atoms with Crippen LogP contribution in [0.15, 0.2) is 71.8 Å². The zero-order valence-electron chi connectivity index (χ0n) is 18.1. The quantitative estimate of drug-likeness (QED) is 0.388. The first-order chi connectivity index (χ1) is 15.5.